The van der Waals surface area contributed by atoms with Crippen LogP contribution >= 0.6 is 11.8 Å². The summed E-state index contributed by atoms with van der Waals surface area (Å²) in [4.78, 5) is 59.8. The van der Waals surface area contributed by atoms with E-state index < -0.39 is 69.7 Å². The number of amides is 1. The number of nitrogens with two attached hydrogens (primary N) is 1. The van der Waals surface area contributed by atoms with Gasteiger partial charge in [0.05, 0.1) is 17.1 Å². The van der Waals surface area contributed by atoms with E-state index in [9.17, 15) is 34.5 Å². The van der Waals surface area contributed by atoms with Crippen molar-refractivity contribution in [3.8, 4) is 0 Å². The number of nitrogens with zero attached hydrogens (tertiary/aromatic N) is 2. The van der Waals surface area contributed by atoms with Gasteiger partial charge in [-0.2, -0.15) is 0 Å². The van der Waals surface area contributed by atoms with Crippen LogP contribution in [0.4, 0.5) is 5.69 Å². The van der Waals surface area contributed by atoms with E-state index in [1.165, 1.54) is 16.7 Å². The molecule has 0 radical (unpaired) electrons. The Morgan fingerprint density at radius 2 is 1.82 bits per heavy atom. The molecule has 5 atom stereocenters. The minimum absolute atomic E-state index is 0.000298. The number of benzene rings is 2. The van der Waals surface area contributed by atoms with Crippen LogP contribution in [0.1, 0.15) is 28.3 Å². The van der Waals surface area contributed by atoms with E-state index in [0.29, 0.717) is 17.0 Å². The second-order valence-corrected chi connectivity index (χ2v) is 13.0. The molecule has 1 amide bonds. The van der Waals surface area contributed by atoms with E-state index in [4.69, 9.17) is 10.2 Å². The number of nitrogens with one attached hydrogen (secondary N) is 1. The maximum atomic E-state index is 14.5. The van der Waals surface area contributed by atoms with Gasteiger partial charge in [-0.3, -0.25) is 24.3 Å². The van der Waals surface area contributed by atoms with Gasteiger partial charge in [0.2, 0.25) is 5.78 Å². The zero-order valence-corrected chi connectivity index (χ0v) is 25.3. The zero-order chi connectivity index (χ0) is 31.8. The van der Waals surface area contributed by atoms with Crippen molar-refractivity contribution < 1.29 is 34.1 Å². The van der Waals surface area contributed by atoms with E-state index >= 15 is 0 Å². The minimum atomic E-state index is -2.72. The molecule has 0 aliphatic heterocycles. The highest BCUT2D eigenvalue weighted by Crippen LogP contribution is 2.57. The van der Waals surface area contributed by atoms with Crippen molar-refractivity contribution in [1.29, 1.82) is 0 Å². The van der Waals surface area contributed by atoms with Gasteiger partial charge in [0.1, 0.15) is 17.1 Å². The average molecular weight is 621 g/mol. The Labute approximate surface area is 255 Å². The molecule has 0 fully saturated rings. The summed E-state index contributed by atoms with van der Waals surface area (Å²) in [5.74, 6) is -7.46. The topological polar surface area (TPSA) is 190 Å². The number of hydrogen-bond donors (Lipinski definition) is 5. The molecule has 1 aromatic heterocycles. The quantitative estimate of drug-likeness (QED) is 0.201. The van der Waals surface area contributed by atoms with Gasteiger partial charge in [-0.1, -0.05) is 18.2 Å². The molecule has 6 N–H and O–H groups in total. The molecular formula is C31H32N4O8S. The number of hydrogen-bond acceptors (Lipinski definition) is 11. The number of anilines is 1. The normalized spacial score (nSPS) is 26.6. The molecule has 3 aliphatic carbocycles. The van der Waals surface area contributed by atoms with Gasteiger partial charge >= 0.3 is 5.76 Å². The summed E-state index contributed by atoms with van der Waals surface area (Å²) in [5.41, 5.74) is 3.28. The summed E-state index contributed by atoms with van der Waals surface area (Å²) in [6, 6.07) is 10.3. The maximum absolute atomic E-state index is 14.5. The second kappa shape index (κ2) is 10.4. The fourth-order valence-corrected chi connectivity index (χ4v) is 8.30. The third-order valence-electron chi connectivity index (χ3n) is 9.04. The smallest absolute Gasteiger partial charge is 0.417 e. The van der Waals surface area contributed by atoms with Gasteiger partial charge in [0.15, 0.2) is 17.0 Å². The van der Waals surface area contributed by atoms with Crippen LogP contribution in [0.5, 0.6) is 0 Å². The first-order valence-electron chi connectivity index (χ1n) is 14.0. The lowest BCUT2D eigenvalue weighted by atomic mass is 9.56. The number of thioether (sulfide) groups is 1. The number of oxazole rings is 1. The number of H-pyrrole nitrogens is 1. The number of aromatic amines is 1. The summed E-state index contributed by atoms with van der Waals surface area (Å²) in [6.07, 6.45) is -0.00618. The molecular weight excluding hydrogens is 588 g/mol. The van der Waals surface area contributed by atoms with Crippen LogP contribution in [0.3, 0.4) is 0 Å². The first kappa shape index (κ1) is 29.7. The molecule has 13 heteroatoms. The number of likely N-dealkylation sites (N-methyl/N-ethyl adjacent to an activating group) is 1. The van der Waals surface area contributed by atoms with Gasteiger partial charge in [0, 0.05) is 47.8 Å². The molecule has 0 saturated carbocycles. The Morgan fingerprint density at radius 3 is 2.43 bits per heavy atom. The molecule has 0 spiro atoms. The number of aromatic nitrogens is 1. The lowest BCUT2D eigenvalue weighted by Gasteiger charge is -2.51. The summed E-state index contributed by atoms with van der Waals surface area (Å²) in [6.45, 7) is 0. The summed E-state index contributed by atoms with van der Waals surface area (Å²) in [7, 11) is 6.82. The third kappa shape index (κ3) is 4.14. The van der Waals surface area contributed by atoms with Crippen molar-refractivity contribution in [2.24, 2.45) is 17.6 Å². The zero-order valence-electron chi connectivity index (χ0n) is 24.5. The highest BCUT2D eigenvalue weighted by atomic mass is 32.2. The van der Waals surface area contributed by atoms with Gasteiger partial charge in [-0.15, -0.1) is 11.8 Å². The number of fused-ring (bicyclic) bond motifs is 5. The molecule has 6 rings (SSSR count). The summed E-state index contributed by atoms with van der Waals surface area (Å²) < 4.78 is 5.46. The van der Waals surface area contributed by atoms with Crippen LogP contribution in [-0.4, -0.2) is 88.3 Å². The van der Waals surface area contributed by atoms with Gasteiger partial charge in [-0.05, 0) is 50.2 Å². The van der Waals surface area contributed by atoms with Gasteiger partial charge < -0.3 is 30.4 Å². The Kier molecular flexibility index (Phi) is 7.02. The van der Waals surface area contributed by atoms with Crippen molar-refractivity contribution in [3.63, 3.8) is 0 Å². The number of primary amides is 1. The first-order valence-corrected chi connectivity index (χ1v) is 15.0. The number of ketones is 2. The molecule has 12 nitrogen and oxygen atoms in total. The number of aliphatic hydroxyl groups excluding tert-OH is 2. The van der Waals surface area contributed by atoms with Crippen molar-refractivity contribution in [2.45, 2.75) is 28.9 Å². The largest absolute Gasteiger partial charge is 0.510 e. The second-order valence-electron chi connectivity index (χ2n) is 11.9. The van der Waals surface area contributed by atoms with E-state index in [0.717, 1.165) is 4.90 Å². The van der Waals surface area contributed by atoms with Crippen molar-refractivity contribution in [2.75, 3.05) is 38.8 Å². The highest BCUT2D eigenvalue weighted by Gasteiger charge is 2.64. The van der Waals surface area contributed by atoms with E-state index in [1.807, 2.05) is 49.3 Å². The molecule has 230 valence electrons. The SMILES string of the molecule is CN(C)c1cc2[nH]c(=O)oc2c2c1[C@H](CSc1ccccc1)[C@H]1C[C@H]3[C@H](N(C)C)C(O)=C(C(N)=O)C(=O)[C@@]3(O)C(O)=C1C2=O. The first-order chi connectivity index (χ1) is 20.8. The number of Topliss-reactive ketones (excluding diaryl/α,β-unsaturated/α-hetero) is 2. The third-order valence-corrected chi connectivity index (χ3v) is 10.2. The molecule has 3 aromatic rings. The Bertz CT molecular complexity index is 1860. The van der Waals surface area contributed by atoms with Crippen LogP contribution in [0.15, 0.2) is 73.2 Å². The number of carbonyl (C=O) groups excluding carboxylic acids is 3. The Balaban J connectivity index is 1.65. The number of allylic oxidation sites excluding steroid dienone is 1. The maximum Gasteiger partial charge on any atom is 0.417 e. The lowest BCUT2D eigenvalue weighted by Crippen LogP contribution is -2.64. The van der Waals surface area contributed by atoms with Crippen LogP contribution in [-0.2, 0) is 9.59 Å². The molecule has 3 aliphatic rings. The van der Waals surface area contributed by atoms with E-state index in [2.05, 4.69) is 4.98 Å². The predicted octanol–water partition coefficient (Wildman–Crippen LogP) is 2.25. The van der Waals surface area contributed by atoms with Crippen molar-refractivity contribution in [3.05, 3.63) is 80.7 Å². The molecule has 0 unspecified atom stereocenters. The van der Waals surface area contributed by atoms with Crippen LogP contribution in [0, 0.1) is 11.8 Å². The van der Waals surface area contributed by atoms with Crippen LogP contribution in [0.25, 0.3) is 11.1 Å². The molecule has 1 heterocycles. The molecule has 0 saturated heterocycles. The lowest BCUT2D eigenvalue weighted by molar-refractivity contribution is -0.148. The fourth-order valence-electron chi connectivity index (χ4n) is 7.18. The number of carbonyl (C=O) groups is 3. The van der Waals surface area contributed by atoms with Gasteiger partial charge in [0.25, 0.3) is 5.91 Å². The predicted molar refractivity (Wildman–Crippen MR) is 163 cm³/mol. The number of aliphatic hydroxyl groups is 3. The van der Waals surface area contributed by atoms with E-state index in [1.54, 1.807) is 20.2 Å². The summed E-state index contributed by atoms with van der Waals surface area (Å²) >= 11 is 1.53. The van der Waals surface area contributed by atoms with E-state index in [-0.39, 0.29) is 28.7 Å². The van der Waals surface area contributed by atoms with Crippen molar-refractivity contribution >= 4 is 46.0 Å². The fraction of sp³-hybridized carbons (Fsp3) is 0.355. The van der Waals surface area contributed by atoms with Gasteiger partial charge in [-0.25, -0.2) is 4.79 Å². The van der Waals surface area contributed by atoms with Crippen LogP contribution in [0.2, 0.25) is 0 Å². The molecule has 0 bridgehead atoms. The number of rotatable bonds is 6. The minimum Gasteiger partial charge on any atom is -0.510 e. The monoisotopic (exact) mass is 620 g/mol. The molecule has 44 heavy (non-hydrogen) atoms. The molecule has 2 aromatic carbocycles. The Hall–Kier alpha value is -4.33. The average Bonchev–Trinajstić information content (AvgIpc) is 3.34. The highest BCUT2D eigenvalue weighted by molar-refractivity contribution is 7.99. The standard InChI is InChI=1S/C31H32N4O8S/c1-34(2)18-11-17-26(43-30(41)33-17)21-19(18)15(12-44-13-8-6-5-7-9-13)14-10-16-23(35(3)4)25(37)22(29(32)40)28(39)31(16,42)27(38)20(14)24(21)36/h5-9,11,14-16,23,37-38,42H,10,12H2,1-4H3,(H2,32,40)(H,33,41)/t14-,15-,16+,23+,31+/m1/s1. The summed E-state index contributed by atoms with van der Waals surface area (Å²) in [5, 5.41) is 35.1. The van der Waals surface area contributed by atoms with Crippen molar-refractivity contribution in [1.82, 2.24) is 9.88 Å². The Morgan fingerprint density at radius 1 is 1.14 bits per heavy atom. The van der Waals surface area contributed by atoms with Crippen LogP contribution < -0.4 is 16.4 Å².